The summed E-state index contributed by atoms with van der Waals surface area (Å²) >= 11 is 0. The Bertz CT molecular complexity index is 598. The number of hydrogen-bond acceptors (Lipinski definition) is 7. The third-order valence-electron chi connectivity index (χ3n) is 2.94. The summed E-state index contributed by atoms with van der Waals surface area (Å²) in [5.41, 5.74) is 6.88. The number of aliphatic hydroxyl groups is 1. The van der Waals surface area contributed by atoms with Gasteiger partial charge in [0.2, 0.25) is 5.95 Å². The molecule has 0 bridgehead atoms. The molecular formula is C12H17N5O3. The zero-order valence-electron chi connectivity index (χ0n) is 11.2. The Morgan fingerprint density at radius 2 is 2.35 bits per heavy atom. The third kappa shape index (κ3) is 3.41. The number of ether oxygens (including phenoxy) is 1. The van der Waals surface area contributed by atoms with Crippen molar-refractivity contribution in [3.8, 4) is 0 Å². The van der Waals surface area contributed by atoms with Gasteiger partial charge in [0.25, 0.3) is 0 Å². The SMILES string of the molecule is CC(=O)OCC(CO)CCn1cnc2cnc(N)nc21. The number of aliphatic hydroxyl groups excluding tert-OH is 1. The number of nitrogens with zero attached hydrogens (tertiary/aromatic N) is 4. The standard InChI is InChI=1S/C12H17N5O3/c1-8(19)20-6-9(5-18)2-3-17-7-15-10-4-14-12(13)16-11(10)17/h4,7,9,18H,2-3,5-6H2,1H3,(H2,13,14,16). The summed E-state index contributed by atoms with van der Waals surface area (Å²) in [4.78, 5) is 22.9. The molecule has 0 aliphatic rings. The molecule has 0 aliphatic heterocycles. The van der Waals surface area contributed by atoms with Crippen molar-refractivity contribution < 1.29 is 14.6 Å². The predicted octanol–water partition coefficient (Wildman–Crippen LogP) is -0.0298. The average Bonchev–Trinajstić information content (AvgIpc) is 2.81. The molecular weight excluding hydrogens is 262 g/mol. The number of anilines is 1. The molecule has 0 aliphatic carbocycles. The van der Waals surface area contributed by atoms with Gasteiger partial charge in [0.1, 0.15) is 5.52 Å². The highest BCUT2D eigenvalue weighted by atomic mass is 16.5. The number of esters is 1. The number of nitrogens with two attached hydrogens (primary N) is 1. The van der Waals surface area contributed by atoms with Crippen LogP contribution in [-0.2, 0) is 16.1 Å². The average molecular weight is 279 g/mol. The predicted molar refractivity (Wildman–Crippen MR) is 71.6 cm³/mol. The maximum Gasteiger partial charge on any atom is 0.302 e. The lowest BCUT2D eigenvalue weighted by Gasteiger charge is -2.14. The van der Waals surface area contributed by atoms with E-state index in [0.717, 1.165) is 0 Å². The Kier molecular flexibility index (Phi) is 4.46. The molecule has 1 unspecified atom stereocenters. The monoisotopic (exact) mass is 279 g/mol. The smallest absolute Gasteiger partial charge is 0.302 e. The van der Waals surface area contributed by atoms with E-state index in [2.05, 4.69) is 15.0 Å². The molecule has 2 rings (SSSR count). The molecule has 2 aromatic rings. The fraction of sp³-hybridized carbons (Fsp3) is 0.500. The first-order valence-electron chi connectivity index (χ1n) is 6.27. The van der Waals surface area contributed by atoms with Crippen molar-refractivity contribution in [2.45, 2.75) is 19.9 Å². The molecule has 0 saturated heterocycles. The van der Waals surface area contributed by atoms with E-state index in [1.165, 1.54) is 6.92 Å². The van der Waals surface area contributed by atoms with Crippen LogP contribution in [0.4, 0.5) is 5.95 Å². The summed E-state index contributed by atoms with van der Waals surface area (Å²) < 4.78 is 6.74. The van der Waals surface area contributed by atoms with Crippen LogP contribution in [0.3, 0.4) is 0 Å². The van der Waals surface area contributed by atoms with Crippen LogP contribution in [0, 0.1) is 5.92 Å². The summed E-state index contributed by atoms with van der Waals surface area (Å²) in [5.74, 6) is -0.273. The van der Waals surface area contributed by atoms with E-state index in [1.807, 2.05) is 4.57 Å². The van der Waals surface area contributed by atoms with E-state index in [1.54, 1.807) is 12.5 Å². The van der Waals surface area contributed by atoms with Gasteiger partial charge >= 0.3 is 5.97 Å². The summed E-state index contributed by atoms with van der Waals surface area (Å²) in [7, 11) is 0. The van der Waals surface area contributed by atoms with Gasteiger partial charge in [0, 0.05) is 26.0 Å². The largest absolute Gasteiger partial charge is 0.465 e. The zero-order chi connectivity index (χ0) is 14.5. The minimum Gasteiger partial charge on any atom is -0.465 e. The quantitative estimate of drug-likeness (QED) is 0.713. The van der Waals surface area contributed by atoms with Crippen molar-refractivity contribution in [2.24, 2.45) is 5.92 Å². The fourth-order valence-corrected chi connectivity index (χ4v) is 1.82. The maximum atomic E-state index is 10.8. The Labute approximate surface area is 115 Å². The van der Waals surface area contributed by atoms with Crippen molar-refractivity contribution in [3.05, 3.63) is 12.5 Å². The number of nitrogen functional groups attached to an aromatic ring is 1. The van der Waals surface area contributed by atoms with Crippen LogP contribution in [0.2, 0.25) is 0 Å². The van der Waals surface area contributed by atoms with Crippen molar-refractivity contribution >= 4 is 23.1 Å². The number of carbonyl (C=O) groups excluding carboxylic acids is 1. The minimum absolute atomic E-state index is 0.0446. The van der Waals surface area contributed by atoms with E-state index >= 15 is 0 Å². The number of hydrogen-bond donors (Lipinski definition) is 2. The molecule has 0 fully saturated rings. The molecule has 1 atom stereocenters. The van der Waals surface area contributed by atoms with Gasteiger partial charge in [0.05, 0.1) is 19.1 Å². The van der Waals surface area contributed by atoms with E-state index < -0.39 is 0 Å². The minimum atomic E-state index is -0.350. The molecule has 8 heteroatoms. The highest BCUT2D eigenvalue weighted by Gasteiger charge is 2.12. The second-order valence-corrected chi connectivity index (χ2v) is 4.51. The second-order valence-electron chi connectivity index (χ2n) is 4.51. The zero-order valence-corrected chi connectivity index (χ0v) is 11.2. The van der Waals surface area contributed by atoms with E-state index in [4.69, 9.17) is 10.5 Å². The van der Waals surface area contributed by atoms with Gasteiger partial charge in [-0.1, -0.05) is 0 Å². The van der Waals surface area contributed by atoms with Gasteiger partial charge < -0.3 is 20.1 Å². The normalized spacial score (nSPS) is 12.5. The first-order chi connectivity index (χ1) is 9.60. The highest BCUT2D eigenvalue weighted by molar-refractivity contribution is 5.70. The van der Waals surface area contributed by atoms with Gasteiger partial charge in [-0.05, 0) is 6.42 Å². The van der Waals surface area contributed by atoms with Crippen LogP contribution in [0.15, 0.2) is 12.5 Å². The molecule has 2 heterocycles. The van der Waals surface area contributed by atoms with E-state index in [9.17, 15) is 9.90 Å². The lowest BCUT2D eigenvalue weighted by Crippen LogP contribution is -2.18. The van der Waals surface area contributed by atoms with Crippen LogP contribution in [0.5, 0.6) is 0 Å². The Morgan fingerprint density at radius 3 is 3.05 bits per heavy atom. The first kappa shape index (κ1) is 14.2. The molecule has 0 radical (unpaired) electrons. The Morgan fingerprint density at radius 1 is 1.55 bits per heavy atom. The summed E-state index contributed by atoms with van der Waals surface area (Å²) in [6.45, 7) is 2.10. The van der Waals surface area contributed by atoms with Gasteiger partial charge in [-0.3, -0.25) is 4.79 Å². The van der Waals surface area contributed by atoms with Crippen molar-refractivity contribution in [2.75, 3.05) is 18.9 Å². The molecule has 0 spiro atoms. The van der Waals surface area contributed by atoms with Crippen LogP contribution >= 0.6 is 0 Å². The number of aromatic nitrogens is 4. The lowest BCUT2D eigenvalue weighted by atomic mass is 10.1. The van der Waals surface area contributed by atoms with Crippen molar-refractivity contribution in [1.82, 2.24) is 19.5 Å². The Balaban J connectivity index is 2.00. The van der Waals surface area contributed by atoms with Crippen LogP contribution in [0.25, 0.3) is 11.2 Å². The number of carbonyl (C=O) groups is 1. The van der Waals surface area contributed by atoms with Gasteiger partial charge in [-0.15, -0.1) is 0 Å². The number of rotatable bonds is 6. The van der Waals surface area contributed by atoms with Crippen molar-refractivity contribution in [1.29, 1.82) is 0 Å². The van der Waals surface area contributed by atoms with E-state index in [-0.39, 0.29) is 31.0 Å². The molecule has 0 aromatic carbocycles. The highest BCUT2D eigenvalue weighted by Crippen LogP contribution is 2.13. The van der Waals surface area contributed by atoms with Crippen LogP contribution in [0.1, 0.15) is 13.3 Å². The number of fused-ring (bicyclic) bond motifs is 1. The molecule has 3 N–H and O–H groups in total. The topological polar surface area (TPSA) is 116 Å². The van der Waals surface area contributed by atoms with Gasteiger partial charge in [0.15, 0.2) is 5.65 Å². The van der Waals surface area contributed by atoms with Gasteiger partial charge in [-0.2, -0.15) is 4.98 Å². The molecule has 2 aromatic heterocycles. The molecule has 0 saturated carbocycles. The maximum absolute atomic E-state index is 10.8. The van der Waals surface area contributed by atoms with Gasteiger partial charge in [-0.25, -0.2) is 9.97 Å². The van der Waals surface area contributed by atoms with Crippen LogP contribution in [-0.4, -0.2) is 43.8 Å². The van der Waals surface area contributed by atoms with Crippen LogP contribution < -0.4 is 5.73 Å². The molecule has 0 amide bonds. The second kappa shape index (κ2) is 6.29. The molecule has 108 valence electrons. The summed E-state index contributed by atoms with van der Waals surface area (Å²) in [5, 5.41) is 9.26. The number of imidazole rings is 1. The lowest BCUT2D eigenvalue weighted by molar-refractivity contribution is -0.142. The van der Waals surface area contributed by atoms with Crippen molar-refractivity contribution in [3.63, 3.8) is 0 Å². The number of aryl methyl sites for hydroxylation is 1. The summed E-state index contributed by atoms with van der Waals surface area (Å²) in [6.07, 6.45) is 3.86. The molecule has 8 nitrogen and oxygen atoms in total. The summed E-state index contributed by atoms with van der Waals surface area (Å²) in [6, 6.07) is 0. The fourth-order valence-electron chi connectivity index (χ4n) is 1.82. The molecule has 20 heavy (non-hydrogen) atoms. The first-order valence-corrected chi connectivity index (χ1v) is 6.27. The Hall–Kier alpha value is -2.22. The third-order valence-corrected chi connectivity index (χ3v) is 2.94. The van der Waals surface area contributed by atoms with E-state index in [0.29, 0.717) is 24.1 Å².